The van der Waals surface area contributed by atoms with Gasteiger partial charge < -0.3 is 10.1 Å². The highest BCUT2D eigenvalue weighted by molar-refractivity contribution is 6.10. The Kier molecular flexibility index (Phi) is 4.56. The van der Waals surface area contributed by atoms with Crippen LogP contribution in [0.4, 0.5) is 5.69 Å². The second-order valence-corrected chi connectivity index (χ2v) is 7.35. The Hall–Kier alpha value is -3.06. The number of aryl methyl sites for hydroxylation is 2. The highest BCUT2D eigenvalue weighted by Crippen LogP contribution is 2.35. The van der Waals surface area contributed by atoms with Gasteiger partial charge in [0.05, 0.1) is 0 Å². The summed E-state index contributed by atoms with van der Waals surface area (Å²) in [6.07, 6.45) is 2.42. The van der Waals surface area contributed by atoms with Gasteiger partial charge >= 0.3 is 0 Å². The SMILES string of the molecule is Cc1ccc(NC(=O)/C(C#N)=C/c2ccc3c(c2)CC(C)(C)O3)c(C)c1. The van der Waals surface area contributed by atoms with E-state index in [9.17, 15) is 10.1 Å². The molecule has 3 rings (SSSR count). The van der Waals surface area contributed by atoms with E-state index >= 15 is 0 Å². The van der Waals surface area contributed by atoms with Gasteiger partial charge in [0.15, 0.2) is 0 Å². The molecule has 1 heterocycles. The summed E-state index contributed by atoms with van der Waals surface area (Å²) >= 11 is 0. The van der Waals surface area contributed by atoms with Crippen LogP contribution in [-0.4, -0.2) is 11.5 Å². The molecule has 0 saturated heterocycles. The summed E-state index contributed by atoms with van der Waals surface area (Å²) in [5, 5.41) is 12.2. The lowest BCUT2D eigenvalue weighted by atomic mass is 9.99. The summed E-state index contributed by atoms with van der Waals surface area (Å²) in [5.41, 5.74) is 4.57. The van der Waals surface area contributed by atoms with Crippen LogP contribution >= 0.6 is 0 Å². The van der Waals surface area contributed by atoms with Crippen LogP contribution in [0.15, 0.2) is 42.0 Å². The zero-order chi connectivity index (χ0) is 18.9. The van der Waals surface area contributed by atoms with Crippen molar-refractivity contribution in [2.45, 2.75) is 39.7 Å². The van der Waals surface area contributed by atoms with E-state index in [4.69, 9.17) is 4.74 Å². The Labute approximate surface area is 154 Å². The van der Waals surface area contributed by atoms with Crippen LogP contribution in [0.3, 0.4) is 0 Å². The Bertz CT molecular complexity index is 949. The molecule has 0 fully saturated rings. The number of anilines is 1. The standard InChI is InChI=1S/C22H22N2O2/c1-14-5-7-19(15(2)9-14)24-21(25)18(13-23)11-16-6-8-20-17(10-16)12-22(3,4)26-20/h5-11H,12H2,1-4H3,(H,24,25)/b18-11+. The minimum atomic E-state index is -0.406. The van der Waals surface area contributed by atoms with Gasteiger partial charge in [-0.3, -0.25) is 4.79 Å². The summed E-state index contributed by atoms with van der Waals surface area (Å²) in [5.74, 6) is 0.460. The summed E-state index contributed by atoms with van der Waals surface area (Å²) in [6.45, 7) is 8.01. The van der Waals surface area contributed by atoms with Gasteiger partial charge in [0.25, 0.3) is 5.91 Å². The summed E-state index contributed by atoms with van der Waals surface area (Å²) in [7, 11) is 0. The molecule has 0 unspecified atom stereocenters. The molecule has 1 aliphatic rings. The molecular formula is C22H22N2O2. The molecule has 2 aromatic rings. The number of nitriles is 1. The summed E-state index contributed by atoms with van der Waals surface area (Å²) in [6, 6.07) is 13.5. The first-order chi connectivity index (χ1) is 12.3. The number of amides is 1. The van der Waals surface area contributed by atoms with Crippen molar-refractivity contribution >= 4 is 17.7 Å². The predicted molar refractivity (Wildman–Crippen MR) is 103 cm³/mol. The number of rotatable bonds is 3. The fourth-order valence-electron chi connectivity index (χ4n) is 3.18. The molecule has 1 aliphatic heterocycles. The van der Waals surface area contributed by atoms with Gasteiger partial charge in [0.1, 0.15) is 23.0 Å². The van der Waals surface area contributed by atoms with Crippen molar-refractivity contribution in [1.29, 1.82) is 5.26 Å². The second kappa shape index (κ2) is 6.68. The average molecular weight is 346 g/mol. The molecule has 0 saturated carbocycles. The monoisotopic (exact) mass is 346 g/mol. The number of ether oxygens (including phenoxy) is 1. The van der Waals surface area contributed by atoms with Crippen molar-refractivity contribution in [1.82, 2.24) is 0 Å². The third kappa shape index (κ3) is 3.78. The van der Waals surface area contributed by atoms with Crippen molar-refractivity contribution in [3.8, 4) is 11.8 Å². The first-order valence-electron chi connectivity index (χ1n) is 8.60. The first kappa shape index (κ1) is 17.8. The van der Waals surface area contributed by atoms with Crippen molar-refractivity contribution in [3.63, 3.8) is 0 Å². The number of fused-ring (bicyclic) bond motifs is 1. The molecule has 1 N–H and O–H groups in total. The van der Waals surface area contributed by atoms with Crippen LogP contribution in [0.1, 0.15) is 36.1 Å². The Morgan fingerprint density at radius 3 is 2.69 bits per heavy atom. The van der Waals surface area contributed by atoms with Crippen LogP contribution in [0.2, 0.25) is 0 Å². The lowest BCUT2D eigenvalue weighted by Gasteiger charge is -2.16. The number of carbonyl (C=O) groups excluding carboxylic acids is 1. The van der Waals surface area contributed by atoms with Crippen molar-refractivity contribution in [3.05, 3.63) is 64.2 Å². The zero-order valence-corrected chi connectivity index (χ0v) is 15.5. The first-order valence-corrected chi connectivity index (χ1v) is 8.60. The van der Waals surface area contributed by atoms with Gasteiger partial charge in [-0.15, -0.1) is 0 Å². The second-order valence-electron chi connectivity index (χ2n) is 7.35. The number of nitrogens with one attached hydrogen (secondary N) is 1. The van der Waals surface area contributed by atoms with Crippen LogP contribution in [-0.2, 0) is 11.2 Å². The van der Waals surface area contributed by atoms with E-state index in [2.05, 4.69) is 5.32 Å². The number of benzene rings is 2. The van der Waals surface area contributed by atoms with Gasteiger partial charge in [-0.2, -0.15) is 5.26 Å². The molecule has 0 spiro atoms. The fraction of sp³-hybridized carbons (Fsp3) is 0.273. The molecule has 26 heavy (non-hydrogen) atoms. The van der Waals surface area contributed by atoms with Gasteiger partial charge in [0.2, 0.25) is 0 Å². The Balaban J connectivity index is 1.83. The number of carbonyl (C=O) groups is 1. The molecular weight excluding hydrogens is 324 g/mol. The van der Waals surface area contributed by atoms with E-state index in [1.165, 1.54) is 0 Å². The van der Waals surface area contributed by atoms with E-state index in [-0.39, 0.29) is 11.2 Å². The molecule has 132 valence electrons. The average Bonchev–Trinajstić information content (AvgIpc) is 2.88. The quantitative estimate of drug-likeness (QED) is 0.654. The Morgan fingerprint density at radius 1 is 1.23 bits per heavy atom. The third-order valence-corrected chi connectivity index (χ3v) is 4.39. The van der Waals surface area contributed by atoms with Gasteiger partial charge in [0, 0.05) is 12.1 Å². The summed E-state index contributed by atoms with van der Waals surface area (Å²) in [4.78, 5) is 12.5. The maximum atomic E-state index is 12.5. The molecule has 0 bridgehead atoms. The van der Waals surface area contributed by atoms with Crippen molar-refractivity contribution < 1.29 is 9.53 Å². The zero-order valence-electron chi connectivity index (χ0n) is 15.5. The topological polar surface area (TPSA) is 62.1 Å². The smallest absolute Gasteiger partial charge is 0.266 e. The van der Waals surface area contributed by atoms with E-state index in [0.717, 1.165) is 34.4 Å². The normalized spacial score (nSPS) is 15.0. The highest BCUT2D eigenvalue weighted by atomic mass is 16.5. The molecule has 0 aromatic heterocycles. The highest BCUT2D eigenvalue weighted by Gasteiger charge is 2.29. The predicted octanol–water partition coefficient (Wildman–Crippen LogP) is 4.56. The minimum Gasteiger partial charge on any atom is -0.487 e. The van der Waals surface area contributed by atoms with Crippen LogP contribution in [0.5, 0.6) is 5.75 Å². The molecule has 1 amide bonds. The summed E-state index contributed by atoms with van der Waals surface area (Å²) < 4.78 is 5.86. The van der Waals surface area contributed by atoms with Gasteiger partial charge in [-0.25, -0.2) is 0 Å². The fourth-order valence-corrected chi connectivity index (χ4v) is 3.18. The van der Waals surface area contributed by atoms with E-state index in [0.29, 0.717) is 5.69 Å². The van der Waals surface area contributed by atoms with E-state index in [1.54, 1.807) is 6.08 Å². The Morgan fingerprint density at radius 2 is 2.00 bits per heavy atom. The lowest BCUT2D eigenvalue weighted by molar-refractivity contribution is -0.112. The number of hydrogen-bond donors (Lipinski definition) is 1. The van der Waals surface area contributed by atoms with Crippen molar-refractivity contribution in [2.75, 3.05) is 5.32 Å². The maximum absolute atomic E-state index is 12.5. The van der Waals surface area contributed by atoms with Crippen LogP contribution < -0.4 is 10.1 Å². The largest absolute Gasteiger partial charge is 0.487 e. The maximum Gasteiger partial charge on any atom is 0.266 e. The molecule has 0 aliphatic carbocycles. The molecule has 4 nitrogen and oxygen atoms in total. The molecule has 0 atom stereocenters. The van der Waals surface area contributed by atoms with Crippen molar-refractivity contribution in [2.24, 2.45) is 0 Å². The van der Waals surface area contributed by atoms with E-state index < -0.39 is 5.91 Å². The molecule has 0 radical (unpaired) electrons. The number of hydrogen-bond acceptors (Lipinski definition) is 3. The third-order valence-electron chi connectivity index (χ3n) is 4.39. The lowest BCUT2D eigenvalue weighted by Crippen LogP contribution is -2.24. The van der Waals surface area contributed by atoms with Gasteiger partial charge in [-0.05, 0) is 68.7 Å². The van der Waals surface area contributed by atoms with Crippen LogP contribution in [0, 0.1) is 25.2 Å². The molecule has 4 heteroatoms. The number of nitrogens with zero attached hydrogens (tertiary/aromatic N) is 1. The van der Waals surface area contributed by atoms with Gasteiger partial charge in [-0.1, -0.05) is 23.8 Å². The molecule has 2 aromatic carbocycles. The van der Waals surface area contributed by atoms with Crippen LogP contribution in [0.25, 0.3) is 6.08 Å². The van der Waals surface area contributed by atoms with E-state index in [1.807, 2.05) is 70.2 Å². The minimum absolute atomic E-state index is 0.0723.